The summed E-state index contributed by atoms with van der Waals surface area (Å²) >= 11 is 0. The van der Waals surface area contributed by atoms with Crippen molar-refractivity contribution in [1.82, 2.24) is 4.90 Å². The third-order valence-electron chi connectivity index (χ3n) is 4.00. The molecule has 2 rings (SSSR count). The number of benzene rings is 1. The van der Waals surface area contributed by atoms with E-state index in [1.807, 2.05) is 0 Å². The average molecular weight is 233 g/mol. The first-order valence-corrected chi connectivity index (χ1v) is 6.77. The third-order valence-corrected chi connectivity index (χ3v) is 4.00. The molecule has 1 N–H and O–H groups in total. The average Bonchev–Trinajstić information content (AvgIpc) is 2.81. The number of nitrogens with zero attached hydrogens (tertiary/aromatic N) is 1. The van der Waals surface area contributed by atoms with Crippen LogP contribution < -0.4 is 0 Å². The minimum absolute atomic E-state index is 0.358. The normalized spacial score (nSPS) is 22.8. The van der Waals surface area contributed by atoms with Gasteiger partial charge in [-0.3, -0.25) is 4.90 Å². The summed E-state index contributed by atoms with van der Waals surface area (Å²) in [7, 11) is 0. The van der Waals surface area contributed by atoms with Gasteiger partial charge in [-0.25, -0.2) is 0 Å². The number of hydrogen-bond acceptors (Lipinski definition) is 2. The summed E-state index contributed by atoms with van der Waals surface area (Å²) in [5.74, 6) is 1.23. The topological polar surface area (TPSA) is 23.5 Å². The molecule has 0 aliphatic carbocycles. The van der Waals surface area contributed by atoms with Gasteiger partial charge in [0.05, 0.1) is 0 Å². The van der Waals surface area contributed by atoms with Gasteiger partial charge in [0.1, 0.15) is 5.75 Å². The van der Waals surface area contributed by atoms with Gasteiger partial charge >= 0.3 is 0 Å². The lowest BCUT2D eigenvalue weighted by molar-refractivity contribution is 0.229. The molecule has 1 saturated heterocycles. The lowest BCUT2D eigenvalue weighted by Crippen LogP contribution is -2.26. The molecule has 1 aromatic carbocycles. The maximum Gasteiger partial charge on any atom is 0.115 e. The van der Waals surface area contributed by atoms with Gasteiger partial charge in [-0.05, 0) is 43.0 Å². The van der Waals surface area contributed by atoms with Crippen molar-refractivity contribution in [3.63, 3.8) is 0 Å². The lowest BCUT2D eigenvalue weighted by atomic mass is 10.0. The SMILES string of the molecule is CCC1CCN(C(CC)c2ccc(O)cc2)C1. The molecule has 1 heterocycles. The summed E-state index contributed by atoms with van der Waals surface area (Å²) in [6.45, 7) is 6.99. The van der Waals surface area contributed by atoms with Crippen LogP contribution in [0.5, 0.6) is 5.75 Å². The number of aromatic hydroxyl groups is 1. The zero-order valence-corrected chi connectivity index (χ0v) is 10.9. The van der Waals surface area contributed by atoms with Gasteiger partial charge < -0.3 is 5.11 Å². The van der Waals surface area contributed by atoms with Crippen LogP contribution in [0.25, 0.3) is 0 Å². The number of phenols is 1. The summed E-state index contributed by atoms with van der Waals surface area (Å²) in [6.07, 6.45) is 3.77. The van der Waals surface area contributed by atoms with Gasteiger partial charge in [-0.1, -0.05) is 32.4 Å². The Labute approximate surface area is 104 Å². The van der Waals surface area contributed by atoms with E-state index in [2.05, 4.69) is 30.9 Å². The van der Waals surface area contributed by atoms with Crippen LogP contribution in [0.1, 0.15) is 44.7 Å². The highest BCUT2D eigenvalue weighted by atomic mass is 16.3. The van der Waals surface area contributed by atoms with Crippen molar-refractivity contribution in [2.24, 2.45) is 5.92 Å². The molecule has 2 heteroatoms. The van der Waals surface area contributed by atoms with Crippen LogP contribution in [-0.4, -0.2) is 23.1 Å². The Morgan fingerprint density at radius 1 is 1.29 bits per heavy atom. The fourth-order valence-corrected chi connectivity index (χ4v) is 2.88. The van der Waals surface area contributed by atoms with Crippen LogP contribution in [-0.2, 0) is 0 Å². The van der Waals surface area contributed by atoms with Gasteiger partial charge in [0.15, 0.2) is 0 Å². The second-order valence-corrected chi connectivity index (χ2v) is 5.07. The van der Waals surface area contributed by atoms with Crippen LogP contribution in [0.2, 0.25) is 0 Å². The van der Waals surface area contributed by atoms with Crippen LogP contribution in [0.3, 0.4) is 0 Å². The molecule has 1 aromatic rings. The summed E-state index contributed by atoms with van der Waals surface area (Å²) in [5.41, 5.74) is 1.34. The fourth-order valence-electron chi connectivity index (χ4n) is 2.88. The van der Waals surface area contributed by atoms with E-state index in [-0.39, 0.29) is 0 Å². The van der Waals surface area contributed by atoms with Crippen LogP contribution in [0.4, 0.5) is 0 Å². The first-order chi connectivity index (χ1) is 8.24. The van der Waals surface area contributed by atoms with Crippen molar-refractivity contribution in [3.8, 4) is 5.75 Å². The second kappa shape index (κ2) is 5.54. The van der Waals surface area contributed by atoms with Gasteiger partial charge in [0.25, 0.3) is 0 Å². The lowest BCUT2D eigenvalue weighted by Gasteiger charge is -2.27. The molecule has 0 amide bonds. The molecule has 2 unspecified atom stereocenters. The summed E-state index contributed by atoms with van der Waals surface area (Å²) < 4.78 is 0. The van der Waals surface area contributed by atoms with E-state index < -0.39 is 0 Å². The molecule has 17 heavy (non-hydrogen) atoms. The van der Waals surface area contributed by atoms with Crippen molar-refractivity contribution in [2.45, 2.75) is 39.2 Å². The largest absolute Gasteiger partial charge is 0.508 e. The minimum atomic E-state index is 0.358. The first kappa shape index (κ1) is 12.4. The smallest absolute Gasteiger partial charge is 0.115 e. The summed E-state index contributed by atoms with van der Waals surface area (Å²) in [6, 6.07) is 8.23. The van der Waals surface area contributed by atoms with E-state index in [1.54, 1.807) is 12.1 Å². The molecule has 2 nitrogen and oxygen atoms in total. The maximum atomic E-state index is 9.34. The second-order valence-electron chi connectivity index (χ2n) is 5.07. The number of likely N-dealkylation sites (tertiary alicyclic amines) is 1. The molecule has 0 spiro atoms. The maximum absolute atomic E-state index is 9.34. The van der Waals surface area contributed by atoms with Crippen LogP contribution in [0.15, 0.2) is 24.3 Å². The van der Waals surface area contributed by atoms with Gasteiger partial charge in [0, 0.05) is 12.6 Å². The van der Waals surface area contributed by atoms with E-state index in [9.17, 15) is 5.11 Å². The Balaban J connectivity index is 2.08. The zero-order chi connectivity index (χ0) is 12.3. The number of rotatable bonds is 4. The Bertz CT molecular complexity index is 346. The molecule has 94 valence electrons. The van der Waals surface area contributed by atoms with E-state index in [1.165, 1.54) is 31.5 Å². The monoisotopic (exact) mass is 233 g/mol. The molecule has 2 atom stereocenters. The van der Waals surface area contributed by atoms with Crippen LogP contribution >= 0.6 is 0 Å². The molecule has 0 aromatic heterocycles. The van der Waals surface area contributed by atoms with Crippen molar-refractivity contribution in [3.05, 3.63) is 29.8 Å². The Morgan fingerprint density at radius 2 is 2.00 bits per heavy atom. The van der Waals surface area contributed by atoms with E-state index in [4.69, 9.17) is 0 Å². The van der Waals surface area contributed by atoms with Gasteiger partial charge in [0.2, 0.25) is 0 Å². The third kappa shape index (κ3) is 2.81. The predicted molar refractivity (Wildman–Crippen MR) is 71.1 cm³/mol. The van der Waals surface area contributed by atoms with Crippen molar-refractivity contribution in [2.75, 3.05) is 13.1 Å². The van der Waals surface area contributed by atoms with Crippen molar-refractivity contribution in [1.29, 1.82) is 0 Å². The zero-order valence-electron chi connectivity index (χ0n) is 10.9. The summed E-state index contributed by atoms with van der Waals surface area (Å²) in [4.78, 5) is 2.60. The van der Waals surface area contributed by atoms with E-state index in [0.717, 1.165) is 12.3 Å². The van der Waals surface area contributed by atoms with Crippen LogP contribution in [0, 0.1) is 5.92 Å². The molecule has 1 aliphatic rings. The molecular formula is C15H23NO. The standard InChI is InChI=1S/C15H23NO/c1-3-12-9-10-16(11-12)15(4-2)13-5-7-14(17)8-6-13/h5-8,12,15,17H,3-4,9-11H2,1-2H3. The van der Waals surface area contributed by atoms with E-state index >= 15 is 0 Å². The Hall–Kier alpha value is -1.02. The summed E-state index contributed by atoms with van der Waals surface area (Å²) in [5, 5.41) is 9.34. The van der Waals surface area contributed by atoms with Gasteiger partial charge in [-0.2, -0.15) is 0 Å². The Morgan fingerprint density at radius 3 is 2.53 bits per heavy atom. The number of phenolic OH excluding ortho intramolecular Hbond substituents is 1. The number of hydrogen-bond donors (Lipinski definition) is 1. The highest BCUT2D eigenvalue weighted by molar-refractivity contribution is 5.28. The van der Waals surface area contributed by atoms with E-state index in [0.29, 0.717) is 11.8 Å². The molecular weight excluding hydrogens is 210 g/mol. The molecule has 0 bridgehead atoms. The first-order valence-electron chi connectivity index (χ1n) is 6.77. The highest BCUT2D eigenvalue weighted by Crippen LogP contribution is 2.31. The van der Waals surface area contributed by atoms with Gasteiger partial charge in [-0.15, -0.1) is 0 Å². The molecule has 1 fully saturated rings. The quantitative estimate of drug-likeness (QED) is 0.859. The predicted octanol–water partition coefficient (Wildman–Crippen LogP) is 3.58. The fraction of sp³-hybridized carbons (Fsp3) is 0.600. The minimum Gasteiger partial charge on any atom is -0.508 e. The highest BCUT2D eigenvalue weighted by Gasteiger charge is 2.27. The van der Waals surface area contributed by atoms with Crippen molar-refractivity contribution >= 4 is 0 Å². The Kier molecular flexibility index (Phi) is 4.06. The molecule has 1 aliphatic heterocycles. The molecule has 0 saturated carbocycles. The van der Waals surface area contributed by atoms with Crippen molar-refractivity contribution < 1.29 is 5.11 Å². The molecule has 0 radical (unpaired) electrons.